The van der Waals surface area contributed by atoms with Gasteiger partial charge in [0.05, 0.1) is 11.3 Å². The van der Waals surface area contributed by atoms with Crippen molar-refractivity contribution in [1.29, 1.82) is 0 Å². The number of carboxylic acids is 1. The van der Waals surface area contributed by atoms with Crippen LogP contribution in [0.5, 0.6) is 11.6 Å². The number of pyridine rings is 1. The van der Waals surface area contributed by atoms with Crippen molar-refractivity contribution < 1.29 is 19.6 Å². The van der Waals surface area contributed by atoms with Gasteiger partial charge in [0.25, 0.3) is 5.88 Å². The normalized spacial score (nSPS) is 10.1. The molecule has 108 valence electrons. The van der Waals surface area contributed by atoms with Gasteiger partial charge in [0.2, 0.25) is 0 Å². The number of nitrogens with zero attached hydrogens (tertiary/aromatic N) is 2. The van der Waals surface area contributed by atoms with Crippen LogP contribution in [0.4, 0.5) is 5.69 Å². The Hall–Kier alpha value is -2.96. The lowest BCUT2D eigenvalue weighted by atomic mass is 10.1. The highest BCUT2D eigenvalue weighted by molar-refractivity contribution is 5.70. The predicted molar refractivity (Wildman–Crippen MR) is 73.5 cm³/mol. The molecule has 0 spiro atoms. The molecule has 21 heavy (non-hydrogen) atoms. The van der Waals surface area contributed by atoms with E-state index in [1.807, 2.05) is 0 Å². The molecule has 1 N–H and O–H groups in total. The first-order valence-corrected chi connectivity index (χ1v) is 6.06. The largest absolute Gasteiger partial charge is 0.481 e. The second kappa shape index (κ2) is 6.00. The molecular weight excluding hydrogens is 276 g/mol. The molecule has 1 aromatic carbocycles. The monoisotopic (exact) mass is 288 g/mol. The standard InChI is InChI=1S/C14H12N2O5/c1-9-6-7-15-14(13(9)16(19)20)21-11-4-2-10(3-5-11)8-12(17)18/h2-7H,8H2,1H3,(H,17,18). The van der Waals surface area contributed by atoms with Crippen LogP contribution in [-0.2, 0) is 11.2 Å². The van der Waals surface area contributed by atoms with Gasteiger partial charge in [-0.25, -0.2) is 4.98 Å². The number of aryl methyl sites for hydroxylation is 1. The molecule has 2 aromatic rings. The van der Waals surface area contributed by atoms with Crippen molar-refractivity contribution in [2.24, 2.45) is 0 Å². The van der Waals surface area contributed by atoms with Gasteiger partial charge in [-0.2, -0.15) is 0 Å². The Labute approximate surface area is 120 Å². The minimum absolute atomic E-state index is 0.0917. The zero-order valence-electron chi connectivity index (χ0n) is 11.1. The van der Waals surface area contributed by atoms with Gasteiger partial charge in [-0.05, 0) is 30.7 Å². The van der Waals surface area contributed by atoms with Crippen LogP contribution in [0.2, 0.25) is 0 Å². The summed E-state index contributed by atoms with van der Waals surface area (Å²) in [5.74, 6) is -0.670. The van der Waals surface area contributed by atoms with Crippen molar-refractivity contribution >= 4 is 11.7 Å². The van der Waals surface area contributed by atoms with E-state index in [4.69, 9.17) is 9.84 Å². The Balaban J connectivity index is 2.24. The van der Waals surface area contributed by atoms with E-state index >= 15 is 0 Å². The van der Waals surface area contributed by atoms with Gasteiger partial charge in [-0.1, -0.05) is 12.1 Å². The molecule has 0 radical (unpaired) electrons. The highest BCUT2D eigenvalue weighted by Gasteiger charge is 2.20. The fourth-order valence-electron chi connectivity index (χ4n) is 1.78. The van der Waals surface area contributed by atoms with Crippen LogP contribution >= 0.6 is 0 Å². The topological polar surface area (TPSA) is 103 Å². The number of rotatable bonds is 5. The molecule has 0 unspecified atom stereocenters. The predicted octanol–water partition coefficient (Wildman–Crippen LogP) is 2.72. The maximum atomic E-state index is 11.0. The molecule has 0 bridgehead atoms. The van der Waals surface area contributed by atoms with Crippen LogP contribution in [0.1, 0.15) is 11.1 Å². The first kappa shape index (κ1) is 14.4. The van der Waals surface area contributed by atoms with Crippen molar-refractivity contribution in [1.82, 2.24) is 4.98 Å². The second-order valence-electron chi connectivity index (χ2n) is 4.36. The van der Waals surface area contributed by atoms with Crippen LogP contribution in [0.3, 0.4) is 0 Å². The zero-order chi connectivity index (χ0) is 15.4. The van der Waals surface area contributed by atoms with Gasteiger partial charge in [0.15, 0.2) is 0 Å². The number of nitro groups is 1. The number of hydrogen-bond donors (Lipinski definition) is 1. The third-order valence-electron chi connectivity index (χ3n) is 2.77. The van der Waals surface area contributed by atoms with E-state index in [0.29, 0.717) is 16.9 Å². The van der Waals surface area contributed by atoms with Crippen molar-refractivity contribution in [2.75, 3.05) is 0 Å². The number of hydrogen-bond acceptors (Lipinski definition) is 5. The van der Waals surface area contributed by atoms with Crippen LogP contribution in [0.15, 0.2) is 36.5 Å². The summed E-state index contributed by atoms with van der Waals surface area (Å²) >= 11 is 0. The van der Waals surface area contributed by atoms with E-state index in [-0.39, 0.29) is 18.0 Å². The fourth-order valence-corrected chi connectivity index (χ4v) is 1.78. The second-order valence-corrected chi connectivity index (χ2v) is 4.36. The molecule has 7 heteroatoms. The lowest BCUT2D eigenvalue weighted by molar-refractivity contribution is -0.386. The van der Waals surface area contributed by atoms with Gasteiger partial charge < -0.3 is 9.84 Å². The summed E-state index contributed by atoms with van der Waals surface area (Å²) in [7, 11) is 0. The zero-order valence-corrected chi connectivity index (χ0v) is 11.1. The first-order chi connectivity index (χ1) is 9.97. The fraction of sp³-hybridized carbons (Fsp3) is 0.143. The number of carbonyl (C=O) groups is 1. The molecule has 2 rings (SSSR count). The Morgan fingerprint density at radius 3 is 2.57 bits per heavy atom. The minimum atomic E-state index is -0.931. The third-order valence-corrected chi connectivity index (χ3v) is 2.77. The molecule has 0 amide bonds. The van der Waals surface area contributed by atoms with E-state index in [1.54, 1.807) is 31.2 Å². The van der Waals surface area contributed by atoms with Gasteiger partial charge in [-0.3, -0.25) is 14.9 Å². The molecule has 0 atom stereocenters. The summed E-state index contributed by atoms with van der Waals surface area (Å²) in [5.41, 5.74) is 0.876. The van der Waals surface area contributed by atoms with E-state index < -0.39 is 10.9 Å². The van der Waals surface area contributed by atoms with E-state index in [0.717, 1.165) is 0 Å². The lowest BCUT2D eigenvalue weighted by Gasteiger charge is -2.07. The van der Waals surface area contributed by atoms with Crippen molar-refractivity contribution in [3.8, 4) is 11.6 Å². The number of benzene rings is 1. The van der Waals surface area contributed by atoms with Gasteiger partial charge in [0.1, 0.15) is 5.75 Å². The Morgan fingerprint density at radius 1 is 1.33 bits per heavy atom. The third kappa shape index (κ3) is 3.53. The quantitative estimate of drug-likeness (QED) is 0.670. The lowest BCUT2D eigenvalue weighted by Crippen LogP contribution is -2.00. The SMILES string of the molecule is Cc1ccnc(Oc2ccc(CC(=O)O)cc2)c1[N+](=O)[O-]. The summed E-state index contributed by atoms with van der Waals surface area (Å²) in [6.45, 7) is 1.60. The molecule has 7 nitrogen and oxygen atoms in total. The van der Waals surface area contributed by atoms with Crippen LogP contribution in [-0.4, -0.2) is 21.0 Å². The van der Waals surface area contributed by atoms with Gasteiger partial charge >= 0.3 is 11.7 Å². The number of carboxylic acid groups (broad SMARTS) is 1. The molecule has 0 aliphatic carbocycles. The summed E-state index contributed by atoms with van der Waals surface area (Å²) in [6, 6.07) is 7.80. The number of ether oxygens (including phenoxy) is 1. The van der Waals surface area contributed by atoms with Crippen molar-refractivity contribution in [3.05, 3.63) is 57.8 Å². The van der Waals surface area contributed by atoms with Crippen LogP contribution in [0.25, 0.3) is 0 Å². The highest BCUT2D eigenvalue weighted by Crippen LogP contribution is 2.31. The average molecular weight is 288 g/mol. The molecular formula is C14H12N2O5. The average Bonchev–Trinajstić information content (AvgIpc) is 2.40. The molecule has 0 saturated heterocycles. The number of aromatic nitrogens is 1. The molecule has 0 aliphatic rings. The highest BCUT2D eigenvalue weighted by atomic mass is 16.6. The van der Waals surface area contributed by atoms with Gasteiger partial charge in [-0.15, -0.1) is 0 Å². The van der Waals surface area contributed by atoms with E-state index in [2.05, 4.69) is 4.98 Å². The molecule has 0 aliphatic heterocycles. The Kier molecular flexibility index (Phi) is 4.13. The van der Waals surface area contributed by atoms with E-state index in [9.17, 15) is 14.9 Å². The Bertz CT molecular complexity index is 682. The summed E-state index contributed by atoms with van der Waals surface area (Å²) in [6.07, 6.45) is 1.33. The molecule has 0 fully saturated rings. The summed E-state index contributed by atoms with van der Waals surface area (Å²) < 4.78 is 5.41. The first-order valence-electron chi connectivity index (χ1n) is 6.06. The molecule has 1 aromatic heterocycles. The van der Waals surface area contributed by atoms with Gasteiger partial charge in [0, 0.05) is 11.8 Å². The minimum Gasteiger partial charge on any atom is -0.481 e. The van der Waals surface area contributed by atoms with Crippen molar-refractivity contribution in [3.63, 3.8) is 0 Å². The van der Waals surface area contributed by atoms with E-state index in [1.165, 1.54) is 12.3 Å². The number of aliphatic carboxylic acids is 1. The van der Waals surface area contributed by atoms with Crippen LogP contribution < -0.4 is 4.74 Å². The Morgan fingerprint density at radius 2 is 2.00 bits per heavy atom. The molecule has 0 saturated carbocycles. The summed E-state index contributed by atoms with van der Waals surface area (Å²) in [5, 5.41) is 19.7. The summed E-state index contributed by atoms with van der Waals surface area (Å²) in [4.78, 5) is 24.9. The smallest absolute Gasteiger partial charge is 0.334 e. The van der Waals surface area contributed by atoms with Crippen LogP contribution in [0, 0.1) is 17.0 Å². The maximum absolute atomic E-state index is 11.0. The maximum Gasteiger partial charge on any atom is 0.334 e. The molecule has 1 heterocycles. The van der Waals surface area contributed by atoms with Crippen molar-refractivity contribution in [2.45, 2.75) is 13.3 Å².